The number of pyridine rings is 1. The Morgan fingerprint density at radius 2 is 2.03 bits per heavy atom. The lowest BCUT2D eigenvalue weighted by Gasteiger charge is -2.15. The Morgan fingerprint density at radius 1 is 1.21 bits per heavy atom. The molecular weight excluding hydrogens is 380 g/mol. The number of nitrogens with zero attached hydrogens (tertiary/aromatic N) is 1. The predicted octanol–water partition coefficient (Wildman–Crippen LogP) is 6.00. The van der Waals surface area contributed by atoms with E-state index in [0.717, 1.165) is 70.3 Å². The van der Waals surface area contributed by atoms with Crippen LogP contribution in [0.2, 0.25) is 5.02 Å². The van der Waals surface area contributed by atoms with Crippen molar-refractivity contribution in [1.29, 1.82) is 0 Å². The van der Waals surface area contributed by atoms with Gasteiger partial charge in [0.15, 0.2) is 0 Å². The summed E-state index contributed by atoms with van der Waals surface area (Å²) in [4.78, 5) is 7.98. The average Bonchev–Trinajstić information content (AvgIpc) is 3.09. The van der Waals surface area contributed by atoms with Gasteiger partial charge < -0.3 is 15.6 Å². The highest BCUT2D eigenvalue weighted by atomic mass is 35.5. The first-order chi connectivity index (χ1) is 14.1. The zero-order chi connectivity index (χ0) is 20.8. The number of aromatic nitrogens is 2. The minimum absolute atomic E-state index is 0.781. The van der Waals surface area contributed by atoms with E-state index < -0.39 is 0 Å². The van der Waals surface area contributed by atoms with Crippen molar-refractivity contribution in [2.75, 3.05) is 18.9 Å². The maximum Gasteiger partial charge on any atom is 0.0720 e. The largest absolute Gasteiger partial charge is 0.356 e. The number of hydrogen-bond acceptors (Lipinski definition) is 3. The van der Waals surface area contributed by atoms with Crippen LogP contribution in [-0.2, 0) is 19.3 Å². The molecule has 1 aromatic carbocycles. The van der Waals surface area contributed by atoms with Gasteiger partial charge in [-0.3, -0.25) is 4.98 Å². The van der Waals surface area contributed by atoms with E-state index in [9.17, 15) is 0 Å². The van der Waals surface area contributed by atoms with Gasteiger partial charge in [0.1, 0.15) is 0 Å². The lowest BCUT2D eigenvalue weighted by molar-refractivity contribution is 0.779. The first kappa shape index (κ1) is 21.2. The van der Waals surface area contributed by atoms with Gasteiger partial charge in [0, 0.05) is 52.9 Å². The SMILES string of the molecule is C=Cc1c(CCNC)[nH]c(-c2ccncc2CC)c1Nc1cccc(Cl)c1CC. The molecule has 29 heavy (non-hydrogen) atoms. The molecule has 0 aliphatic heterocycles. The summed E-state index contributed by atoms with van der Waals surface area (Å²) in [5.41, 5.74) is 8.84. The van der Waals surface area contributed by atoms with Crippen LogP contribution in [0.1, 0.15) is 36.2 Å². The number of aromatic amines is 1. The van der Waals surface area contributed by atoms with E-state index in [4.69, 9.17) is 11.6 Å². The summed E-state index contributed by atoms with van der Waals surface area (Å²) in [6.07, 6.45) is 8.36. The maximum atomic E-state index is 6.46. The molecule has 0 aliphatic rings. The van der Waals surface area contributed by atoms with Crippen molar-refractivity contribution in [1.82, 2.24) is 15.3 Å². The van der Waals surface area contributed by atoms with Crippen LogP contribution in [-0.4, -0.2) is 23.6 Å². The number of hydrogen-bond donors (Lipinski definition) is 3. The minimum atomic E-state index is 0.781. The molecule has 0 spiro atoms. The third kappa shape index (κ3) is 4.39. The van der Waals surface area contributed by atoms with E-state index in [-0.39, 0.29) is 0 Å². The van der Waals surface area contributed by atoms with Crippen LogP contribution in [0.15, 0.2) is 43.2 Å². The van der Waals surface area contributed by atoms with Crippen molar-refractivity contribution < 1.29 is 0 Å². The molecule has 152 valence electrons. The summed E-state index contributed by atoms with van der Waals surface area (Å²) >= 11 is 6.46. The third-order valence-corrected chi connectivity index (χ3v) is 5.59. The molecule has 0 atom stereocenters. The molecule has 2 heterocycles. The number of likely N-dealkylation sites (N-methyl/N-ethyl adjacent to an activating group) is 1. The standard InChI is InChI=1S/C24H29ClN4/c1-5-16-15-27-14-11-19(16)24-23(18(7-3)22(29-24)12-13-26-4)28-21-10-8-9-20(25)17(21)6-2/h7-11,14-15,26,28-29H,3,5-6,12-13H2,1-2,4H3. The molecule has 3 N–H and O–H groups in total. The third-order valence-electron chi connectivity index (χ3n) is 5.24. The second-order valence-electron chi connectivity index (χ2n) is 6.96. The van der Waals surface area contributed by atoms with Crippen LogP contribution < -0.4 is 10.6 Å². The van der Waals surface area contributed by atoms with Crippen molar-refractivity contribution in [2.24, 2.45) is 0 Å². The van der Waals surface area contributed by atoms with Gasteiger partial charge in [-0.1, -0.05) is 44.2 Å². The molecule has 5 heteroatoms. The molecular formula is C24H29ClN4. The number of aryl methyl sites for hydroxylation is 1. The highest BCUT2D eigenvalue weighted by Crippen LogP contribution is 2.39. The van der Waals surface area contributed by atoms with Gasteiger partial charge in [0.05, 0.1) is 11.4 Å². The Hall–Kier alpha value is -2.56. The van der Waals surface area contributed by atoms with E-state index in [1.54, 1.807) is 0 Å². The van der Waals surface area contributed by atoms with Gasteiger partial charge in [-0.05, 0) is 49.2 Å². The summed E-state index contributed by atoms with van der Waals surface area (Å²) in [5, 5.41) is 7.68. The fourth-order valence-corrected chi connectivity index (χ4v) is 4.00. The summed E-state index contributed by atoms with van der Waals surface area (Å²) in [7, 11) is 1.97. The number of nitrogens with one attached hydrogen (secondary N) is 3. The summed E-state index contributed by atoms with van der Waals surface area (Å²) in [5.74, 6) is 0. The van der Waals surface area contributed by atoms with E-state index in [1.807, 2.05) is 37.7 Å². The number of anilines is 2. The highest BCUT2D eigenvalue weighted by molar-refractivity contribution is 6.31. The summed E-state index contributed by atoms with van der Waals surface area (Å²) in [6.45, 7) is 9.25. The Morgan fingerprint density at radius 3 is 2.72 bits per heavy atom. The van der Waals surface area contributed by atoms with Crippen LogP contribution >= 0.6 is 11.6 Å². The van der Waals surface area contributed by atoms with E-state index in [1.165, 1.54) is 5.56 Å². The van der Waals surface area contributed by atoms with Gasteiger partial charge in [0.25, 0.3) is 0 Å². The summed E-state index contributed by atoms with van der Waals surface area (Å²) in [6, 6.07) is 8.07. The second kappa shape index (κ2) is 9.77. The second-order valence-corrected chi connectivity index (χ2v) is 7.36. The molecule has 0 bridgehead atoms. The lowest BCUT2D eigenvalue weighted by atomic mass is 10.0. The molecule has 0 aliphatic carbocycles. The predicted molar refractivity (Wildman–Crippen MR) is 125 cm³/mol. The zero-order valence-electron chi connectivity index (χ0n) is 17.4. The van der Waals surface area contributed by atoms with E-state index >= 15 is 0 Å². The monoisotopic (exact) mass is 408 g/mol. The quantitative estimate of drug-likeness (QED) is 0.406. The lowest BCUT2D eigenvalue weighted by Crippen LogP contribution is -2.11. The first-order valence-electron chi connectivity index (χ1n) is 10.1. The molecule has 0 radical (unpaired) electrons. The van der Waals surface area contributed by atoms with Crippen molar-refractivity contribution in [3.05, 3.63) is 70.6 Å². The van der Waals surface area contributed by atoms with Crippen molar-refractivity contribution >= 4 is 29.1 Å². The van der Waals surface area contributed by atoms with Gasteiger partial charge >= 0.3 is 0 Å². The van der Waals surface area contributed by atoms with Gasteiger partial charge in [-0.15, -0.1) is 0 Å². The van der Waals surface area contributed by atoms with Gasteiger partial charge in [-0.2, -0.15) is 0 Å². The molecule has 0 saturated carbocycles. The molecule has 4 nitrogen and oxygen atoms in total. The van der Waals surface area contributed by atoms with E-state index in [0.29, 0.717) is 0 Å². The van der Waals surface area contributed by atoms with Crippen molar-refractivity contribution in [2.45, 2.75) is 33.1 Å². The first-order valence-corrected chi connectivity index (χ1v) is 10.5. The van der Waals surface area contributed by atoms with E-state index in [2.05, 4.69) is 53.2 Å². The highest BCUT2D eigenvalue weighted by Gasteiger charge is 2.19. The maximum absolute atomic E-state index is 6.46. The van der Waals surface area contributed by atoms with Crippen LogP contribution in [0, 0.1) is 0 Å². The van der Waals surface area contributed by atoms with Crippen LogP contribution in [0.25, 0.3) is 17.3 Å². The number of H-pyrrole nitrogens is 1. The average molecular weight is 409 g/mol. The zero-order valence-corrected chi connectivity index (χ0v) is 18.2. The number of halogens is 1. The normalized spacial score (nSPS) is 10.9. The fraction of sp³-hybridized carbons (Fsp3) is 0.292. The molecule has 0 saturated heterocycles. The minimum Gasteiger partial charge on any atom is -0.356 e. The molecule has 3 aromatic rings. The Bertz CT molecular complexity index is 991. The van der Waals surface area contributed by atoms with Crippen LogP contribution in [0.5, 0.6) is 0 Å². The van der Waals surface area contributed by atoms with Gasteiger partial charge in [-0.25, -0.2) is 0 Å². The molecule has 3 rings (SSSR count). The topological polar surface area (TPSA) is 52.7 Å². The van der Waals surface area contributed by atoms with Gasteiger partial charge in [0.2, 0.25) is 0 Å². The van der Waals surface area contributed by atoms with Crippen molar-refractivity contribution in [3.8, 4) is 11.3 Å². The Labute approximate surface area is 178 Å². The smallest absolute Gasteiger partial charge is 0.0720 e. The Balaban J connectivity index is 2.19. The van der Waals surface area contributed by atoms with Crippen LogP contribution in [0.3, 0.4) is 0 Å². The molecule has 0 unspecified atom stereocenters. The van der Waals surface area contributed by atoms with Crippen LogP contribution in [0.4, 0.5) is 11.4 Å². The van der Waals surface area contributed by atoms with Crippen molar-refractivity contribution in [3.63, 3.8) is 0 Å². The number of rotatable bonds is 9. The number of benzene rings is 1. The molecule has 2 aromatic heterocycles. The fourth-order valence-electron chi connectivity index (χ4n) is 3.69. The Kier molecular flexibility index (Phi) is 7.13. The summed E-state index contributed by atoms with van der Waals surface area (Å²) < 4.78 is 0. The molecule has 0 amide bonds. The molecule has 0 fully saturated rings.